The lowest BCUT2D eigenvalue weighted by Crippen LogP contribution is -2.34. The molecule has 1 atom stereocenters. The van der Waals surface area contributed by atoms with E-state index >= 15 is 0 Å². The molecular weight excluding hydrogens is 444 g/mol. The second-order valence-electron chi connectivity index (χ2n) is 8.27. The summed E-state index contributed by atoms with van der Waals surface area (Å²) in [4.78, 5) is 43.4. The number of carbonyl (C=O) groups is 1. The maximum absolute atomic E-state index is 13.3. The quantitative estimate of drug-likeness (QED) is 0.478. The second-order valence-corrected chi connectivity index (χ2v) is 8.27. The maximum Gasteiger partial charge on any atom is 0.254 e. The zero-order valence-electron chi connectivity index (χ0n) is 19.2. The van der Waals surface area contributed by atoms with Crippen LogP contribution < -0.4 is 15.6 Å². The third-order valence-electron chi connectivity index (χ3n) is 6.04. The van der Waals surface area contributed by atoms with Crippen molar-refractivity contribution in [2.75, 3.05) is 7.11 Å². The van der Waals surface area contributed by atoms with E-state index in [1.54, 1.807) is 36.2 Å². The number of benzene rings is 1. The summed E-state index contributed by atoms with van der Waals surface area (Å²) in [5.41, 5.74) is 2.90. The van der Waals surface area contributed by atoms with E-state index in [4.69, 9.17) is 9.72 Å². The molecule has 176 valence electrons. The molecule has 0 saturated heterocycles. The van der Waals surface area contributed by atoms with E-state index < -0.39 is 6.04 Å². The molecule has 1 amide bonds. The van der Waals surface area contributed by atoms with Gasteiger partial charge in [-0.05, 0) is 37.5 Å². The van der Waals surface area contributed by atoms with Gasteiger partial charge in [0.2, 0.25) is 0 Å². The van der Waals surface area contributed by atoms with Crippen molar-refractivity contribution in [2.45, 2.75) is 31.8 Å². The summed E-state index contributed by atoms with van der Waals surface area (Å²) >= 11 is 0. The van der Waals surface area contributed by atoms with Crippen molar-refractivity contribution in [3.05, 3.63) is 89.1 Å². The molecule has 4 aromatic rings. The molecule has 0 spiro atoms. The van der Waals surface area contributed by atoms with Crippen LogP contribution in [0, 0.1) is 0 Å². The molecule has 3 aromatic heterocycles. The average Bonchev–Trinajstić information content (AvgIpc) is 3.11. The van der Waals surface area contributed by atoms with Crippen molar-refractivity contribution in [1.82, 2.24) is 29.8 Å². The van der Waals surface area contributed by atoms with Crippen LogP contribution in [0.25, 0.3) is 22.5 Å². The molecule has 0 aliphatic carbocycles. The van der Waals surface area contributed by atoms with Crippen molar-refractivity contribution in [1.29, 1.82) is 0 Å². The zero-order valence-corrected chi connectivity index (χ0v) is 19.2. The van der Waals surface area contributed by atoms with Crippen LogP contribution in [0.2, 0.25) is 0 Å². The number of hydrogen-bond acceptors (Lipinski definition) is 7. The number of nitrogens with one attached hydrogen (secondary N) is 1. The molecule has 35 heavy (non-hydrogen) atoms. The van der Waals surface area contributed by atoms with Crippen molar-refractivity contribution in [2.24, 2.45) is 0 Å². The van der Waals surface area contributed by atoms with Crippen molar-refractivity contribution >= 4 is 5.91 Å². The van der Waals surface area contributed by atoms with Gasteiger partial charge in [0.25, 0.3) is 11.5 Å². The van der Waals surface area contributed by atoms with Crippen LogP contribution in [0.1, 0.15) is 41.5 Å². The van der Waals surface area contributed by atoms with E-state index in [1.807, 2.05) is 24.3 Å². The highest BCUT2D eigenvalue weighted by molar-refractivity contribution is 5.95. The molecule has 0 saturated carbocycles. The first-order chi connectivity index (χ1) is 17.1. The summed E-state index contributed by atoms with van der Waals surface area (Å²) in [6, 6.07) is 12.1. The number of pyridine rings is 1. The molecule has 0 radical (unpaired) electrons. The van der Waals surface area contributed by atoms with Crippen molar-refractivity contribution < 1.29 is 9.53 Å². The largest absolute Gasteiger partial charge is 0.496 e. The number of rotatable bonds is 5. The van der Waals surface area contributed by atoms with Crippen LogP contribution in [-0.2, 0) is 6.54 Å². The highest BCUT2D eigenvalue weighted by atomic mass is 16.5. The highest BCUT2D eigenvalue weighted by Crippen LogP contribution is 2.30. The number of hydrogen-bond donors (Lipinski definition) is 1. The Labute approximate surface area is 201 Å². The Morgan fingerprint density at radius 1 is 1.09 bits per heavy atom. The molecular formula is C26H24N6O3. The van der Waals surface area contributed by atoms with Crippen LogP contribution in [0.3, 0.4) is 0 Å². The molecule has 1 unspecified atom stereocenters. The normalized spacial score (nSPS) is 15.1. The molecule has 0 fully saturated rings. The molecule has 1 aliphatic rings. The minimum atomic E-state index is -0.422. The fourth-order valence-corrected chi connectivity index (χ4v) is 4.31. The van der Waals surface area contributed by atoms with E-state index in [9.17, 15) is 9.59 Å². The van der Waals surface area contributed by atoms with Crippen LogP contribution in [0.5, 0.6) is 5.75 Å². The van der Waals surface area contributed by atoms with Gasteiger partial charge in [-0.1, -0.05) is 18.2 Å². The molecule has 9 nitrogen and oxygen atoms in total. The number of methoxy groups -OCH3 is 1. The first-order valence-corrected chi connectivity index (χ1v) is 11.4. The predicted molar refractivity (Wildman–Crippen MR) is 130 cm³/mol. The Bertz CT molecular complexity index is 1420. The smallest absolute Gasteiger partial charge is 0.254 e. The molecule has 9 heteroatoms. The lowest BCUT2D eigenvalue weighted by molar-refractivity contribution is 0.0932. The fraction of sp³-hybridized carbons (Fsp3) is 0.231. The summed E-state index contributed by atoms with van der Waals surface area (Å²) in [5, 5.41) is 3.08. The van der Waals surface area contributed by atoms with Crippen molar-refractivity contribution in [3.63, 3.8) is 0 Å². The lowest BCUT2D eigenvalue weighted by Gasteiger charge is -2.20. The number of aromatic nitrogens is 5. The number of para-hydroxylation sites is 1. The summed E-state index contributed by atoms with van der Waals surface area (Å²) < 4.78 is 7.10. The Kier molecular flexibility index (Phi) is 6.30. The van der Waals surface area contributed by atoms with Crippen LogP contribution in [0.15, 0.2) is 72.2 Å². The maximum atomic E-state index is 13.3. The molecule has 5 rings (SSSR count). The summed E-state index contributed by atoms with van der Waals surface area (Å²) in [6.45, 7) is 0.558. The first kappa shape index (κ1) is 22.4. The van der Waals surface area contributed by atoms with Gasteiger partial charge >= 0.3 is 0 Å². The van der Waals surface area contributed by atoms with Gasteiger partial charge in [0.05, 0.1) is 30.1 Å². The van der Waals surface area contributed by atoms with Gasteiger partial charge in [0, 0.05) is 42.3 Å². The Morgan fingerprint density at radius 3 is 2.80 bits per heavy atom. The SMILES string of the molecule is COc1ccccc1-c1cncc(C(=O)NC2CCCCn3c2nc(-c2ccncn2)cc3=O)c1. The number of fused-ring (bicyclic) bond motifs is 1. The second kappa shape index (κ2) is 9.84. The van der Waals surface area contributed by atoms with E-state index in [1.165, 1.54) is 18.6 Å². The zero-order chi connectivity index (χ0) is 24.2. The number of carbonyl (C=O) groups excluding carboxylic acids is 1. The van der Waals surface area contributed by atoms with Gasteiger partial charge in [-0.25, -0.2) is 15.0 Å². The highest BCUT2D eigenvalue weighted by Gasteiger charge is 2.25. The molecule has 1 aliphatic heterocycles. The molecule has 0 bridgehead atoms. The van der Waals surface area contributed by atoms with Gasteiger partial charge in [-0.3, -0.25) is 19.1 Å². The monoisotopic (exact) mass is 468 g/mol. The Morgan fingerprint density at radius 2 is 1.97 bits per heavy atom. The summed E-state index contributed by atoms with van der Waals surface area (Å²) in [6.07, 6.45) is 8.61. The Hall–Kier alpha value is -4.40. The van der Waals surface area contributed by atoms with Gasteiger partial charge in [-0.2, -0.15) is 0 Å². The third kappa shape index (κ3) is 4.65. The third-order valence-corrected chi connectivity index (χ3v) is 6.04. The predicted octanol–water partition coefficient (Wildman–Crippen LogP) is 3.43. The topological polar surface area (TPSA) is 112 Å². The van der Waals surface area contributed by atoms with E-state index in [-0.39, 0.29) is 11.5 Å². The number of ether oxygens (including phenoxy) is 1. The first-order valence-electron chi connectivity index (χ1n) is 11.4. The van der Waals surface area contributed by atoms with E-state index in [0.717, 1.165) is 24.0 Å². The number of amides is 1. The minimum Gasteiger partial charge on any atom is -0.496 e. The number of nitrogens with zero attached hydrogens (tertiary/aromatic N) is 5. The van der Waals surface area contributed by atoms with Gasteiger partial charge in [0.1, 0.15) is 17.9 Å². The molecule has 4 heterocycles. The fourth-order valence-electron chi connectivity index (χ4n) is 4.31. The standard InChI is InChI=1S/C26H24N6O3/c1-35-23-8-3-2-6-19(23)17-12-18(15-28-14-17)26(34)31-21-7-4-5-11-32-24(33)13-22(30-25(21)32)20-9-10-27-16-29-20/h2-3,6,8-10,12-16,21H,4-5,7,11H2,1H3,(H,31,34). The Balaban J connectivity index is 1.47. The van der Waals surface area contributed by atoms with Gasteiger partial charge < -0.3 is 10.1 Å². The van der Waals surface area contributed by atoms with Gasteiger partial charge in [-0.15, -0.1) is 0 Å². The van der Waals surface area contributed by atoms with Crippen LogP contribution in [-0.4, -0.2) is 37.5 Å². The van der Waals surface area contributed by atoms with Gasteiger partial charge in [0.15, 0.2) is 0 Å². The minimum absolute atomic E-state index is 0.162. The lowest BCUT2D eigenvalue weighted by atomic mass is 10.0. The molecule has 1 N–H and O–H groups in total. The molecule has 1 aromatic carbocycles. The van der Waals surface area contributed by atoms with Crippen LogP contribution in [0.4, 0.5) is 0 Å². The van der Waals surface area contributed by atoms with Crippen molar-refractivity contribution in [3.8, 4) is 28.3 Å². The van der Waals surface area contributed by atoms with Crippen LogP contribution >= 0.6 is 0 Å². The summed E-state index contributed by atoms with van der Waals surface area (Å²) in [5.74, 6) is 0.950. The summed E-state index contributed by atoms with van der Waals surface area (Å²) in [7, 11) is 1.61. The van der Waals surface area contributed by atoms with E-state index in [2.05, 4.69) is 20.3 Å². The average molecular weight is 469 g/mol. The van der Waals surface area contributed by atoms with E-state index in [0.29, 0.717) is 41.5 Å².